The molecule has 5 nitrogen and oxygen atoms in total. The van der Waals surface area contributed by atoms with Crippen molar-refractivity contribution in [1.29, 1.82) is 0 Å². The summed E-state index contributed by atoms with van der Waals surface area (Å²) in [5.41, 5.74) is 1.71. The van der Waals surface area contributed by atoms with Gasteiger partial charge in [-0.25, -0.2) is 0 Å². The Kier molecular flexibility index (Phi) is 5.71. The first kappa shape index (κ1) is 17.5. The van der Waals surface area contributed by atoms with Gasteiger partial charge in [-0.3, -0.25) is 9.59 Å². The molecule has 1 saturated heterocycles. The Bertz CT molecular complexity index is 730. The lowest BCUT2D eigenvalue weighted by Gasteiger charge is -2.25. The van der Waals surface area contributed by atoms with Crippen LogP contribution in [0.3, 0.4) is 0 Å². The van der Waals surface area contributed by atoms with E-state index in [0.717, 1.165) is 37.1 Å². The predicted molar refractivity (Wildman–Crippen MR) is 98.1 cm³/mol. The number of hydrogen-bond acceptors (Lipinski definition) is 4. The van der Waals surface area contributed by atoms with E-state index < -0.39 is 0 Å². The number of nitrogens with one attached hydrogen (secondary N) is 1. The fourth-order valence-electron chi connectivity index (χ4n) is 3.25. The molecule has 1 aliphatic rings. The van der Waals surface area contributed by atoms with Gasteiger partial charge in [-0.2, -0.15) is 11.3 Å². The highest BCUT2D eigenvalue weighted by Crippen LogP contribution is 2.26. The molecule has 2 heterocycles. The maximum absolute atomic E-state index is 12.6. The molecule has 0 radical (unpaired) electrons. The molecule has 0 spiro atoms. The summed E-state index contributed by atoms with van der Waals surface area (Å²) < 4.78 is 5.41. The molecular weight excluding hydrogens is 336 g/mol. The van der Waals surface area contributed by atoms with Crippen LogP contribution in [0.5, 0.6) is 5.75 Å². The highest BCUT2D eigenvalue weighted by molar-refractivity contribution is 7.08. The minimum Gasteiger partial charge on any atom is -0.496 e. The van der Waals surface area contributed by atoms with Crippen molar-refractivity contribution in [2.45, 2.75) is 25.3 Å². The van der Waals surface area contributed by atoms with E-state index in [1.165, 1.54) is 11.3 Å². The number of thiophene rings is 1. The van der Waals surface area contributed by atoms with Crippen molar-refractivity contribution in [3.05, 3.63) is 52.2 Å². The van der Waals surface area contributed by atoms with Crippen LogP contribution in [0.15, 0.2) is 41.1 Å². The summed E-state index contributed by atoms with van der Waals surface area (Å²) >= 11 is 1.46. The van der Waals surface area contributed by atoms with E-state index >= 15 is 0 Å². The third-order valence-electron chi connectivity index (χ3n) is 4.53. The first-order valence-corrected chi connectivity index (χ1v) is 9.35. The fourth-order valence-corrected chi connectivity index (χ4v) is 3.89. The summed E-state index contributed by atoms with van der Waals surface area (Å²) in [6, 6.07) is 9.82. The number of nitrogens with zero attached hydrogens (tertiary/aromatic N) is 1. The van der Waals surface area contributed by atoms with Crippen molar-refractivity contribution < 1.29 is 14.3 Å². The van der Waals surface area contributed by atoms with E-state index in [4.69, 9.17) is 4.74 Å². The number of rotatable bonds is 6. The van der Waals surface area contributed by atoms with Gasteiger partial charge in [0, 0.05) is 23.5 Å². The van der Waals surface area contributed by atoms with E-state index in [0.29, 0.717) is 5.56 Å². The highest BCUT2D eigenvalue weighted by Gasteiger charge is 2.29. The largest absolute Gasteiger partial charge is 0.496 e. The average molecular weight is 358 g/mol. The van der Waals surface area contributed by atoms with Crippen molar-refractivity contribution in [2.75, 3.05) is 20.2 Å². The van der Waals surface area contributed by atoms with E-state index in [1.807, 2.05) is 34.5 Å². The van der Waals surface area contributed by atoms with Gasteiger partial charge in [0.15, 0.2) is 0 Å². The smallest absolute Gasteiger partial charge is 0.252 e. The van der Waals surface area contributed by atoms with Crippen LogP contribution in [0, 0.1) is 0 Å². The Morgan fingerprint density at radius 1 is 1.32 bits per heavy atom. The van der Waals surface area contributed by atoms with Gasteiger partial charge in [-0.05, 0) is 42.3 Å². The van der Waals surface area contributed by atoms with Crippen LogP contribution in [-0.4, -0.2) is 43.0 Å². The van der Waals surface area contributed by atoms with Crippen LogP contribution in [0.1, 0.15) is 28.8 Å². The number of carbonyl (C=O) groups is 2. The Labute approximate surface area is 151 Å². The van der Waals surface area contributed by atoms with Crippen molar-refractivity contribution in [1.82, 2.24) is 10.2 Å². The van der Waals surface area contributed by atoms with Crippen LogP contribution in [-0.2, 0) is 11.2 Å². The van der Waals surface area contributed by atoms with Crippen LogP contribution >= 0.6 is 11.3 Å². The van der Waals surface area contributed by atoms with E-state index in [2.05, 4.69) is 5.32 Å². The number of likely N-dealkylation sites (tertiary alicyclic amines) is 1. The molecule has 2 aromatic rings. The summed E-state index contributed by atoms with van der Waals surface area (Å²) in [4.78, 5) is 26.4. The van der Waals surface area contributed by atoms with Gasteiger partial charge in [-0.1, -0.05) is 18.2 Å². The maximum atomic E-state index is 12.6. The SMILES string of the molecule is COc1ccccc1CC1CCCN1C(=O)CNC(=O)c1ccsc1. The minimum atomic E-state index is -0.199. The topological polar surface area (TPSA) is 58.6 Å². The molecule has 132 valence electrons. The monoisotopic (exact) mass is 358 g/mol. The number of benzene rings is 1. The van der Waals surface area contributed by atoms with Gasteiger partial charge in [0.05, 0.1) is 13.7 Å². The third-order valence-corrected chi connectivity index (χ3v) is 5.21. The number of amides is 2. The van der Waals surface area contributed by atoms with Crippen LogP contribution < -0.4 is 10.1 Å². The first-order chi connectivity index (χ1) is 12.2. The van der Waals surface area contributed by atoms with Gasteiger partial charge in [-0.15, -0.1) is 0 Å². The molecular formula is C19H22N2O3S. The lowest BCUT2D eigenvalue weighted by molar-refractivity contribution is -0.130. The second-order valence-corrected chi connectivity index (χ2v) is 6.87. The number of ether oxygens (including phenoxy) is 1. The average Bonchev–Trinajstić information content (AvgIpc) is 3.31. The van der Waals surface area contributed by atoms with Gasteiger partial charge in [0.2, 0.25) is 5.91 Å². The Morgan fingerprint density at radius 3 is 2.92 bits per heavy atom. The van der Waals surface area contributed by atoms with Gasteiger partial charge in [0.1, 0.15) is 5.75 Å². The lowest BCUT2D eigenvalue weighted by atomic mass is 10.0. The quantitative estimate of drug-likeness (QED) is 0.864. The maximum Gasteiger partial charge on any atom is 0.252 e. The molecule has 3 rings (SSSR count). The molecule has 1 fully saturated rings. The summed E-state index contributed by atoms with van der Waals surface area (Å²) in [6.45, 7) is 0.782. The predicted octanol–water partition coefficient (Wildman–Crippen LogP) is 2.72. The van der Waals surface area contributed by atoms with Gasteiger partial charge in [0.25, 0.3) is 5.91 Å². The summed E-state index contributed by atoms with van der Waals surface area (Å²) in [7, 11) is 1.66. The highest BCUT2D eigenvalue weighted by atomic mass is 32.1. The van der Waals surface area contributed by atoms with Gasteiger partial charge < -0.3 is 15.0 Å². The molecule has 6 heteroatoms. The van der Waals surface area contributed by atoms with E-state index in [9.17, 15) is 9.59 Å². The summed E-state index contributed by atoms with van der Waals surface area (Å²) in [6.07, 6.45) is 2.74. The molecule has 1 unspecified atom stereocenters. The minimum absolute atomic E-state index is 0.0269. The van der Waals surface area contributed by atoms with Crippen molar-refractivity contribution in [2.24, 2.45) is 0 Å². The molecule has 0 bridgehead atoms. The summed E-state index contributed by atoms with van der Waals surface area (Å²) in [5.74, 6) is 0.628. The zero-order valence-electron chi connectivity index (χ0n) is 14.2. The molecule has 0 saturated carbocycles. The van der Waals surface area contributed by atoms with Crippen molar-refractivity contribution in [3.63, 3.8) is 0 Å². The first-order valence-electron chi connectivity index (χ1n) is 8.41. The Balaban J connectivity index is 1.59. The number of methoxy groups -OCH3 is 1. The molecule has 1 aliphatic heterocycles. The molecule has 1 aromatic heterocycles. The van der Waals surface area contributed by atoms with E-state index in [-0.39, 0.29) is 24.4 Å². The molecule has 1 N–H and O–H groups in total. The van der Waals surface area contributed by atoms with E-state index in [1.54, 1.807) is 18.6 Å². The van der Waals surface area contributed by atoms with Crippen molar-refractivity contribution in [3.8, 4) is 5.75 Å². The molecule has 1 aromatic carbocycles. The standard InChI is InChI=1S/C19H22N2O3S/c1-24-17-7-3-2-5-14(17)11-16-6-4-9-21(16)18(22)12-20-19(23)15-8-10-25-13-15/h2-3,5,7-8,10,13,16H,4,6,9,11-12H2,1H3,(H,20,23). The number of para-hydroxylation sites is 1. The Morgan fingerprint density at radius 2 is 2.16 bits per heavy atom. The zero-order chi connectivity index (χ0) is 17.6. The van der Waals surface area contributed by atoms with Crippen molar-refractivity contribution >= 4 is 23.2 Å². The van der Waals surface area contributed by atoms with Crippen LogP contribution in [0.2, 0.25) is 0 Å². The summed E-state index contributed by atoms with van der Waals surface area (Å²) in [5, 5.41) is 6.35. The number of carbonyl (C=O) groups excluding carboxylic acids is 2. The number of hydrogen-bond donors (Lipinski definition) is 1. The Hall–Kier alpha value is -2.34. The molecule has 1 atom stereocenters. The normalized spacial score (nSPS) is 16.7. The lowest BCUT2D eigenvalue weighted by Crippen LogP contribution is -2.43. The van der Waals surface area contributed by atoms with Crippen LogP contribution in [0.25, 0.3) is 0 Å². The second kappa shape index (κ2) is 8.16. The second-order valence-electron chi connectivity index (χ2n) is 6.09. The zero-order valence-corrected chi connectivity index (χ0v) is 15.1. The van der Waals surface area contributed by atoms with Crippen LogP contribution in [0.4, 0.5) is 0 Å². The molecule has 25 heavy (non-hydrogen) atoms. The molecule has 2 amide bonds. The third kappa shape index (κ3) is 4.20. The van der Waals surface area contributed by atoms with Gasteiger partial charge >= 0.3 is 0 Å². The molecule has 0 aliphatic carbocycles. The fraction of sp³-hybridized carbons (Fsp3) is 0.368.